The summed E-state index contributed by atoms with van der Waals surface area (Å²) in [6, 6.07) is 5.30. The highest BCUT2D eigenvalue weighted by atomic mass is 35.5. The summed E-state index contributed by atoms with van der Waals surface area (Å²) in [7, 11) is 1.62. The summed E-state index contributed by atoms with van der Waals surface area (Å²) < 4.78 is 9.04. The van der Waals surface area contributed by atoms with Crippen molar-refractivity contribution < 1.29 is 9.53 Å². The van der Waals surface area contributed by atoms with Gasteiger partial charge in [-0.05, 0) is 36.7 Å². The lowest BCUT2D eigenvalue weighted by Crippen LogP contribution is -2.13. The predicted octanol–water partition coefficient (Wildman–Crippen LogP) is 3.75. The van der Waals surface area contributed by atoms with Crippen LogP contribution in [0.3, 0.4) is 0 Å². The Balaban J connectivity index is 1.84. The van der Waals surface area contributed by atoms with Crippen molar-refractivity contribution in [1.29, 1.82) is 0 Å². The van der Waals surface area contributed by atoms with Crippen LogP contribution in [0.5, 0.6) is 0 Å². The largest absolute Gasteiger partial charge is 0.447 e. The van der Waals surface area contributed by atoms with E-state index in [2.05, 4.69) is 36.4 Å². The molecule has 3 aromatic rings. The fourth-order valence-corrected chi connectivity index (χ4v) is 3.09. The highest BCUT2D eigenvalue weighted by molar-refractivity contribution is 7.08. The summed E-state index contributed by atoms with van der Waals surface area (Å²) in [5.74, 6) is 0.373. The van der Waals surface area contributed by atoms with Gasteiger partial charge < -0.3 is 10.1 Å². The minimum Gasteiger partial charge on any atom is -0.447 e. The molecule has 0 saturated heterocycles. The number of amides is 1. The maximum atomic E-state index is 12.2. The Labute approximate surface area is 170 Å². The zero-order chi connectivity index (χ0) is 20.1. The summed E-state index contributed by atoms with van der Waals surface area (Å²) in [5, 5.41) is 6.98. The lowest BCUT2D eigenvalue weighted by atomic mass is 10.1. The van der Waals surface area contributed by atoms with Crippen molar-refractivity contribution in [2.45, 2.75) is 6.92 Å². The molecular formula is C18H15ClN6O2S. The maximum Gasteiger partial charge on any atom is 0.270 e. The van der Waals surface area contributed by atoms with Crippen molar-refractivity contribution in [3.8, 4) is 11.3 Å². The Morgan fingerprint density at radius 1 is 1.36 bits per heavy atom. The quantitative estimate of drug-likeness (QED) is 0.387. The van der Waals surface area contributed by atoms with Crippen LogP contribution >= 0.6 is 23.1 Å². The molecule has 0 saturated carbocycles. The monoisotopic (exact) mass is 414 g/mol. The third-order valence-electron chi connectivity index (χ3n) is 3.64. The number of rotatable bonds is 5. The van der Waals surface area contributed by atoms with Gasteiger partial charge in [-0.25, -0.2) is 4.98 Å². The smallest absolute Gasteiger partial charge is 0.270 e. The van der Waals surface area contributed by atoms with Gasteiger partial charge in [0.1, 0.15) is 4.88 Å². The zero-order valence-corrected chi connectivity index (χ0v) is 16.6. The van der Waals surface area contributed by atoms with Crippen LogP contribution in [0.15, 0.2) is 48.4 Å². The average molecular weight is 415 g/mol. The van der Waals surface area contributed by atoms with Crippen molar-refractivity contribution in [3.05, 3.63) is 64.6 Å². The first-order valence-corrected chi connectivity index (χ1v) is 9.15. The number of aliphatic imine (C=N–C) groups is 1. The number of aryl methyl sites for hydroxylation is 1. The summed E-state index contributed by atoms with van der Waals surface area (Å²) in [5.41, 5.74) is 2.47. The summed E-state index contributed by atoms with van der Waals surface area (Å²) in [4.78, 5) is 25.3. The molecule has 0 spiro atoms. The molecule has 28 heavy (non-hydrogen) atoms. The first-order valence-electron chi connectivity index (χ1n) is 8.00. The molecule has 0 aliphatic carbocycles. The standard InChI is InChI=1S/C18H15ClN6O2S/c1-4-27-18(20-3)11-5-6-13(19)12(7-11)14-8-22-15(9-21-14)23-17(26)16-10(2)24-25-28-16/h4-9H,1H2,2-3H3,(H,22,23,26). The van der Waals surface area contributed by atoms with Crippen LogP contribution in [0.2, 0.25) is 5.02 Å². The summed E-state index contributed by atoms with van der Waals surface area (Å²) >= 11 is 7.33. The molecule has 0 atom stereocenters. The van der Waals surface area contributed by atoms with Crippen LogP contribution in [0, 0.1) is 6.92 Å². The first kappa shape index (κ1) is 19.6. The molecule has 0 aliphatic heterocycles. The third kappa shape index (κ3) is 4.21. The second kappa shape index (κ2) is 8.68. The molecule has 10 heteroatoms. The van der Waals surface area contributed by atoms with E-state index in [9.17, 15) is 4.79 Å². The third-order valence-corrected chi connectivity index (χ3v) is 4.79. The van der Waals surface area contributed by atoms with E-state index in [1.807, 2.05) is 0 Å². The average Bonchev–Trinajstić information content (AvgIpc) is 3.13. The van der Waals surface area contributed by atoms with Crippen LogP contribution in [0.4, 0.5) is 5.82 Å². The van der Waals surface area contributed by atoms with Gasteiger partial charge in [0.05, 0.1) is 35.1 Å². The molecule has 3 rings (SSSR count). The van der Waals surface area contributed by atoms with Gasteiger partial charge in [-0.15, -0.1) is 5.10 Å². The Morgan fingerprint density at radius 2 is 2.18 bits per heavy atom. The Bertz CT molecular complexity index is 1050. The number of benzene rings is 1. The predicted molar refractivity (Wildman–Crippen MR) is 109 cm³/mol. The van der Waals surface area contributed by atoms with Crippen LogP contribution in [-0.4, -0.2) is 38.4 Å². The van der Waals surface area contributed by atoms with E-state index < -0.39 is 0 Å². The lowest BCUT2D eigenvalue weighted by Gasteiger charge is -2.09. The van der Waals surface area contributed by atoms with Crippen molar-refractivity contribution in [2.24, 2.45) is 4.99 Å². The lowest BCUT2D eigenvalue weighted by molar-refractivity contribution is 0.102. The normalized spacial score (nSPS) is 11.2. The number of hydrogen-bond donors (Lipinski definition) is 1. The maximum absolute atomic E-state index is 12.2. The SMILES string of the molecule is C=COC(=NC)c1ccc(Cl)c(-c2cnc(NC(=O)c3snnc3C)cn2)c1. The van der Waals surface area contributed by atoms with Gasteiger partial charge in [0.2, 0.25) is 5.90 Å². The number of nitrogens with one attached hydrogen (secondary N) is 1. The number of carbonyl (C=O) groups excluding carboxylic acids is 1. The number of ether oxygens (including phenoxy) is 1. The Kier molecular flexibility index (Phi) is 6.07. The second-order valence-electron chi connectivity index (χ2n) is 5.44. The zero-order valence-electron chi connectivity index (χ0n) is 15.0. The highest BCUT2D eigenvalue weighted by Crippen LogP contribution is 2.28. The topological polar surface area (TPSA) is 102 Å². The minimum atomic E-state index is -0.333. The van der Waals surface area contributed by atoms with Crippen molar-refractivity contribution in [3.63, 3.8) is 0 Å². The number of halogens is 1. The molecule has 0 aliphatic rings. The fourth-order valence-electron chi connectivity index (χ4n) is 2.33. The van der Waals surface area contributed by atoms with E-state index in [1.54, 1.807) is 32.2 Å². The van der Waals surface area contributed by atoms with E-state index in [-0.39, 0.29) is 5.91 Å². The van der Waals surface area contributed by atoms with Crippen molar-refractivity contribution in [2.75, 3.05) is 12.4 Å². The van der Waals surface area contributed by atoms with Crippen molar-refractivity contribution >= 4 is 40.8 Å². The number of nitrogens with zero attached hydrogens (tertiary/aromatic N) is 5. The first-order chi connectivity index (χ1) is 13.5. The summed E-state index contributed by atoms with van der Waals surface area (Å²) in [6.07, 6.45) is 4.28. The Morgan fingerprint density at radius 3 is 2.79 bits per heavy atom. The van der Waals surface area contributed by atoms with Gasteiger partial charge in [0.15, 0.2) is 5.82 Å². The molecule has 0 radical (unpaired) electrons. The van der Waals surface area contributed by atoms with Crippen LogP contribution in [-0.2, 0) is 4.74 Å². The number of anilines is 1. The molecule has 142 valence electrons. The Hall–Kier alpha value is -3.17. The van der Waals surface area contributed by atoms with E-state index in [0.29, 0.717) is 44.1 Å². The summed E-state index contributed by atoms with van der Waals surface area (Å²) in [6.45, 7) is 5.25. The highest BCUT2D eigenvalue weighted by Gasteiger charge is 2.15. The number of aromatic nitrogens is 4. The van der Waals surface area contributed by atoms with Gasteiger partial charge in [0, 0.05) is 18.2 Å². The molecule has 2 aromatic heterocycles. The molecule has 8 nitrogen and oxygen atoms in total. The second-order valence-corrected chi connectivity index (χ2v) is 6.60. The molecule has 0 fully saturated rings. The molecule has 2 heterocycles. The molecule has 1 aromatic carbocycles. The molecule has 0 unspecified atom stereocenters. The van der Waals surface area contributed by atoms with Crippen LogP contribution in [0.1, 0.15) is 20.9 Å². The van der Waals surface area contributed by atoms with Crippen molar-refractivity contribution in [1.82, 2.24) is 19.6 Å². The van der Waals surface area contributed by atoms with Gasteiger partial charge in [-0.3, -0.25) is 14.8 Å². The fraction of sp³-hybridized carbons (Fsp3) is 0.111. The molecular weight excluding hydrogens is 400 g/mol. The van der Waals surface area contributed by atoms with Crippen LogP contribution in [0.25, 0.3) is 11.3 Å². The molecule has 1 amide bonds. The number of carbonyl (C=O) groups is 1. The number of hydrogen-bond acceptors (Lipinski definition) is 8. The van der Waals surface area contributed by atoms with E-state index >= 15 is 0 Å². The minimum absolute atomic E-state index is 0.305. The molecule has 1 N–H and O–H groups in total. The van der Waals surface area contributed by atoms with E-state index in [0.717, 1.165) is 11.5 Å². The van der Waals surface area contributed by atoms with Gasteiger partial charge in [-0.2, -0.15) is 0 Å². The molecule has 0 bridgehead atoms. The van der Waals surface area contributed by atoms with Crippen LogP contribution < -0.4 is 5.32 Å². The van der Waals surface area contributed by atoms with Gasteiger partial charge >= 0.3 is 0 Å². The van der Waals surface area contributed by atoms with Gasteiger partial charge in [-0.1, -0.05) is 22.7 Å². The van der Waals surface area contributed by atoms with Gasteiger partial charge in [0.25, 0.3) is 5.91 Å². The van der Waals surface area contributed by atoms with E-state index in [1.165, 1.54) is 18.7 Å². The van der Waals surface area contributed by atoms with E-state index in [4.69, 9.17) is 16.3 Å².